The van der Waals surface area contributed by atoms with Crippen molar-refractivity contribution in [1.82, 2.24) is 0 Å². The number of rotatable bonds is 2. The van der Waals surface area contributed by atoms with Crippen LogP contribution in [0.25, 0.3) is 22.3 Å². The maximum Gasteiger partial charge on any atom is 0.113 e. The van der Waals surface area contributed by atoms with Gasteiger partial charge in [0.25, 0.3) is 0 Å². The predicted octanol–water partition coefficient (Wildman–Crippen LogP) is 3.69. The van der Waals surface area contributed by atoms with E-state index in [2.05, 4.69) is 12.1 Å². The van der Waals surface area contributed by atoms with E-state index >= 15 is 0 Å². The van der Waals surface area contributed by atoms with Crippen molar-refractivity contribution in [2.24, 2.45) is 0 Å². The molecule has 0 aliphatic heterocycles. The van der Waals surface area contributed by atoms with Crippen molar-refractivity contribution < 1.29 is 0 Å². The van der Waals surface area contributed by atoms with Crippen LogP contribution in [0.1, 0.15) is 5.56 Å². The Bertz CT molecular complexity index is 816. The smallest absolute Gasteiger partial charge is 0.113 e. The zero-order valence-corrected chi connectivity index (χ0v) is 11.5. The van der Waals surface area contributed by atoms with Gasteiger partial charge in [0.15, 0.2) is 0 Å². The van der Waals surface area contributed by atoms with Crippen LogP contribution < -0.4 is 5.46 Å². The van der Waals surface area contributed by atoms with Crippen LogP contribution in [0.2, 0.25) is 0 Å². The van der Waals surface area contributed by atoms with Gasteiger partial charge < -0.3 is 0 Å². The molecular formula is C19H12BN. The van der Waals surface area contributed by atoms with Gasteiger partial charge in [-0.15, -0.1) is 0 Å². The molecule has 0 N–H and O–H groups in total. The van der Waals surface area contributed by atoms with Gasteiger partial charge >= 0.3 is 0 Å². The molecule has 2 radical (unpaired) electrons. The fourth-order valence-corrected chi connectivity index (χ4v) is 2.37. The molecule has 0 bridgehead atoms. The topological polar surface area (TPSA) is 23.8 Å². The van der Waals surface area contributed by atoms with E-state index in [4.69, 9.17) is 7.85 Å². The molecule has 96 valence electrons. The van der Waals surface area contributed by atoms with E-state index in [1.807, 2.05) is 66.7 Å². The Hall–Kier alpha value is -2.79. The molecule has 0 aromatic heterocycles. The van der Waals surface area contributed by atoms with Gasteiger partial charge in [-0.25, -0.2) is 0 Å². The Morgan fingerprint density at radius 2 is 1.33 bits per heavy atom. The third-order valence-electron chi connectivity index (χ3n) is 3.39. The molecule has 0 heterocycles. The highest BCUT2D eigenvalue weighted by Crippen LogP contribution is 2.27. The summed E-state index contributed by atoms with van der Waals surface area (Å²) in [4.78, 5) is 0. The molecule has 0 aliphatic carbocycles. The van der Waals surface area contributed by atoms with Crippen LogP contribution in [0.3, 0.4) is 0 Å². The molecule has 21 heavy (non-hydrogen) atoms. The first-order valence-electron chi connectivity index (χ1n) is 6.73. The lowest BCUT2D eigenvalue weighted by Gasteiger charge is -2.08. The molecule has 0 unspecified atom stereocenters. The summed E-state index contributed by atoms with van der Waals surface area (Å²) in [7, 11) is 5.85. The van der Waals surface area contributed by atoms with Crippen LogP contribution in [0.15, 0.2) is 72.8 Å². The van der Waals surface area contributed by atoms with Gasteiger partial charge in [0.1, 0.15) is 7.85 Å². The molecule has 1 nitrogen and oxygen atoms in total. The third kappa shape index (κ3) is 2.88. The van der Waals surface area contributed by atoms with Gasteiger partial charge in [0.2, 0.25) is 0 Å². The molecule has 2 heteroatoms. The van der Waals surface area contributed by atoms with Crippen molar-refractivity contribution in [2.45, 2.75) is 0 Å². The summed E-state index contributed by atoms with van der Waals surface area (Å²) in [5, 5.41) is 9.26. The summed E-state index contributed by atoms with van der Waals surface area (Å²) in [5.74, 6) is 0. The van der Waals surface area contributed by atoms with E-state index in [0.29, 0.717) is 5.56 Å². The van der Waals surface area contributed by atoms with Gasteiger partial charge in [0, 0.05) is 0 Å². The summed E-state index contributed by atoms with van der Waals surface area (Å²) in [6, 6.07) is 25.9. The van der Waals surface area contributed by atoms with Crippen molar-refractivity contribution in [3.63, 3.8) is 0 Å². The van der Waals surface area contributed by atoms with E-state index in [0.717, 1.165) is 27.7 Å². The highest BCUT2D eigenvalue weighted by molar-refractivity contribution is 6.32. The Kier molecular flexibility index (Phi) is 3.58. The normalized spacial score (nSPS) is 10.0. The molecular weight excluding hydrogens is 253 g/mol. The Balaban J connectivity index is 2.17. The SMILES string of the molecule is [B]c1cccc(-c2cc(C#N)cc(-c3ccccc3)c2)c1. The molecule has 0 aliphatic rings. The molecule has 3 aromatic rings. The molecule has 0 amide bonds. The number of benzene rings is 3. The lowest BCUT2D eigenvalue weighted by molar-refractivity contribution is 1.48. The lowest BCUT2D eigenvalue weighted by Crippen LogP contribution is -2.00. The van der Waals surface area contributed by atoms with Gasteiger partial charge in [0.05, 0.1) is 11.6 Å². The van der Waals surface area contributed by atoms with Crippen molar-refractivity contribution in [3.8, 4) is 28.3 Å². The fraction of sp³-hybridized carbons (Fsp3) is 0. The second-order valence-corrected chi connectivity index (χ2v) is 4.90. The first-order chi connectivity index (χ1) is 10.3. The van der Waals surface area contributed by atoms with E-state index in [1.165, 1.54) is 0 Å². The number of hydrogen-bond acceptors (Lipinski definition) is 1. The number of hydrogen-bond donors (Lipinski definition) is 0. The zero-order chi connectivity index (χ0) is 14.7. The zero-order valence-electron chi connectivity index (χ0n) is 11.5. The largest absolute Gasteiger partial charge is 0.192 e. The van der Waals surface area contributed by atoms with E-state index in [-0.39, 0.29) is 0 Å². The van der Waals surface area contributed by atoms with E-state index in [1.54, 1.807) is 0 Å². The summed E-state index contributed by atoms with van der Waals surface area (Å²) in [6.45, 7) is 0. The molecule has 0 atom stereocenters. The first kappa shape index (κ1) is 13.2. The van der Waals surface area contributed by atoms with Crippen molar-refractivity contribution >= 4 is 13.3 Å². The van der Waals surface area contributed by atoms with Gasteiger partial charge in [-0.1, -0.05) is 60.1 Å². The maximum atomic E-state index is 9.26. The van der Waals surface area contributed by atoms with Gasteiger partial charge in [-0.3, -0.25) is 0 Å². The van der Waals surface area contributed by atoms with E-state index in [9.17, 15) is 5.26 Å². The Morgan fingerprint density at radius 1 is 0.667 bits per heavy atom. The molecule has 0 saturated heterocycles. The second kappa shape index (κ2) is 5.69. The first-order valence-corrected chi connectivity index (χ1v) is 6.73. The van der Waals surface area contributed by atoms with Crippen molar-refractivity contribution in [1.29, 1.82) is 5.26 Å². The molecule has 3 rings (SSSR count). The average molecular weight is 265 g/mol. The molecule has 0 saturated carbocycles. The molecule has 0 spiro atoms. The van der Waals surface area contributed by atoms with Crippen LogP contribution in [0.5, 0.6) is 0 Å². The van der Waals surface area contributed by atoms with E-state index < -0.39 is 0 Å². The van der Waals surface area contributed by atoms with Crippen LogP contribution in [0, 0.1) is 11.3 Å². The summed E-state index contributed by atoms with van der Waals surface area (Å²) < 4.78 is 0. The van der Waals surface area contributed by atoms with Gasteiger partial charge in [-0.05, 0) is 40.5 Å². The van der Waals surface area contributed by atoms with Crippen LogP contribution in [-0.4, -0.2) is 7.85 Å². The lowest BCUT2D eigenvalue weighted by atomic mass is 9.90. The highest BCUT2D eigenvalue weighted by atomic mass is 14.2. The van der Waals surface area contributed by atoms with Gasteiger partial charge in [-0.2, -0.15) is 5.26 Å². The minimum atomic E-state index is 0.647. The summed E-state index contributed by atoms with van der Waals surface area (Å²) >= 11 is 0. The third-order valence-corrected chi connectivity index (χ3v) is 3.39. The van der Waals surface area contributed by atoms with Crippen molar-refractivity contribution in [2.75, 3.05) is 0 Å². The second-order valence-electron chi connectivity index (χ2n) is 4.90. The van der Waals surface area contributed by atoms with Crippen LogP contribution in [0.4, 0.5) is 0 Å². The number of nitrogens with zero attached hydrogens (tertiary/aromatic N) is 1. The van der Waals surface area contributed by atoms with Crippen molar-refractivity contribution in [3.05, 3.63) is 78.4 Å². The minimum Gasteiger partial charge on any atom is -0.192 e. The summed E-state index contributed by atoms with van der Waals surface area (Å²) in [5.41, 5.74) is 5.52. The van der Waals surface area contributed by atoms with Crippen LogP contribution in [-0.2, 0) is 0 Å². The summed E-state index contributed by atoms with van der Waals surface area (Å²) in [6.07, 6.45) is 0. The van der Waals surface area contributed by atoms with Crippen LogP contribution >= 0.6 is 0 Å². The molecule has 3 aromatic carbocycles. The monoisotopic (exact) mass is 265 g/mol. The standard InChI is InChI=1S/C19H12BN/c20-19-8-4-7-16(12-19)18-10-14(13-21)9-17(11-18)15-5-2-1-3-6-15/h1-12H. The minimum absolute atomic E-state index is 0.647. The predicted molar refractivity (Wildman–Crippen MR) is 87.4 cm³/mol. The Morgan fingerprint density at radius 3 is 2.00 bits per heavy atom. The average Bonchev–Trinajstić information content (AvgIpc) is 2.55. The molecule has 0 fully saturated rings. The maximum absolute atomic E-state index is 9.26. The number of nitriles is 1. The Labute approximate surface area is 125 Å². The highest BCUT2D eigenvalue weighted by Gasteiger charge is 2.05. The quantitative estimate of drug-likeness (QED) is 0.648. The fourth-order valence-electron chi connectivity index (χ4n) is 2.37.